The van der Waals surface area contributed by atoms with Gasteiger partial charge in [-0.05, 0) is 68.0 Å². The summed E-state index contributed by atoms with van der Waals surface area (Å²) >= 11 is 6.18. The van der Waals surface area contributed by atoms with E-state index in [9.17, 15) is 13.2 Å². The second-order valence-electron chi connectivity index (χ2n) is 8.62. The quantitative estimate of drug-likeness (QED) is 0.703. The number of piperidine rings is 1. The molecule has 2 aliphatic rings. The maximum atomic E-state index is 13.5. The molecule has 0 saturated carbocycles. The Balaban J connectivity index is 1.56. The number of benzene rings is 2. The van der Waals surface area contributed by atoms with E-state index in [0.717, 1.165) is 23.2 Å². The van der Waals surface area contributed by atoms with E-state index >= 15 is 0 Å². The first-order valence-electron chi connectivity index (χ1n) is 10.3. The molecule has 0 bridgehead atoms. The van der Waals surface area contributed by atoms with Crippen LogP contribution in [-0.2, 0) is 20.6 Å². The monoisotopic (exact) mass is 446 g/mol. The van der Waals surface area contributed by atoms with Gasteiger partial charge >= 0.3 is 0 Å². The molecule has 2 saturated heterocycles. The van der Waals surface area contributed by atoms with Gasteiger partial charge in [-0.3, -0.25) is 4.79 Å². The number of nitrogens with zero attached hydrogens (tertiary/aromatic N) is 2. The Kier molecular flexibility index (Phi) is 5.68. The van der Waals surface area contributed by atoms with E-state index < -0.39 is 15.4 Å². The topological polar surface area (TPSA) is 57.7 Å². The second kappa shape index (κ2) is 7.98. The average molecular weight is 447 g/mol. The molecule has 2 aromatic carbocycles. The summed E-state index contributed by atoms with van der Waals surface area (Å²) in [6, 6.07) is 13.2. The Morgan fingerprint density at radius 3 is 2.43 bits per heavy atom. The summed E-state index contributed by atoms with van der Waals surface area (Å²) in [5.41, 5.74) is 3.10. The summed E-state index contributed by atoms with van der Waals surface area (Å²) in [7, 11) is -3.56. The molecule has 2 fully saturated rings. The van der Waals surface area contributed by atoms with Crippen molar-refractivity contribution in [1.29, 1.82) is 0 Å². The highest BCUT2D eigenvalue weighted by Gasteiger charge is 2.51. The van der Waals surface area contributed by atoms with Crippen molar-refractivity contribution in [2.75, 3.05) is 24.5 Å². The number of anilines is 1. The second-order valence-corrected chi connectivity index (χ2v) is 11.0. The summed E-state index contributed by atoms with van der Waals surface area (Å²) < 4.78 is 27.8. The molecule has 1 amide bonds. The van der Waals surface area contributed by atoms with Crippen LogP contribution in [0.15, 0.2) is 42.5 Å². The summed E-state index contributed by atoms with van der Waals surface area (Å²) in [5.74, 6) is -0.0947. The van der Waals surface area contributed by atoms with Crippen LogP contribution in [0.3, 0.4) is 0 Å². The van der Waals surface area contributed by atoms with Crippen molar-refractivity contribution in [2.24, 2.45) is 5.41 Å². The first-order valence-corrected chi connectivity index (χ1v) is 12.3. The summed E-state index contributed by atoms with van der Waals surface area (Å²) in [6.07, 6.45) is 2.09. The zero-order valence-electron chi connectivity index (χ0n) is 17.4. The lowest BCUT2D eigenvalue weighted by atomic mass is 9.79. The van der Waals surface area contributed by atoms with Crippen molar-refractivity contribution >= 4 is 33.2 Å². The largest absolute Gasteiger partial charge is 0.312 e. The van der Waals surface area contributed by atoms with E-state index in [4.69, 9.17) is 11.6 Å². The Morgan fingerprint density at radius 1 is 1.03 bits per heavy atom. The third kappa shape index (κ3) is 4.01. The van der Waals surface area contributed by atoms with E-state index in [1.54, 1.807) is 24.3 Å². The van der Waals surface area contributed by atoms with Crippen molar-refractivity contribution in [1.82, 2.24) is 4.31 Å². The van der Waals surface area contributed by atoms with Crippen LogP contribution in [0.5, 0.6) is 0 Å². The highest BCUT2D eigenvalue weighted by atomic mass is 35.5. The number of hydrogen-bond donors (Lipinski definition) is 0. The van der Waals surface area contributed by atoms with Gasteiger partial charge < -0.3 is 4.90 Å². The van der Waals surface area contributed by atoms with E-state index in [2.05, 4.69) is 6.07 Å². The number of amides is 1. The summed E-state index contributed by atoms with van der Waals surface area (Å²) in [5, 5.41) is 0.450. The van der Waals surface area contributed by atoms with Gasteiger partial charge in [0.05, 0.1) is 11.2 Å². The molecule has 160 valence electrons. The minimum atomic E-state index is -3.56. The Hall–Kier alpha value is -1.89. The first-order chi connectivity index (χ1) is 14.2. The van der Waals surface area contributed by atoms with Crippen molar-refractivity contribution in [2.45, 2.75) is 38.9 Å². The van der Waals surface area contributed by atoms with Gasteiger partial charge in [-0.15, -0.1) is 0 Å². The normalized spacial score (nSPS) is 22.8. The van der Waals surface area contributed by atoms with Crippen LogP contribution in [0, 0.1) is 19.3 Å². The maximum Gasteiger partial charge on any atom is 0.234 e. The summed E-state index contributed by atoms with van der Waals surface area (Å²) in [6.45, 7) is 5.37. The molecule has 7 heteroatoms. The van der Waals surface area contributed by atoms with Crippen LogP contribution in [-0.4, -0.2) is 38.3 Å². The molecule has 0 aliphatic carbocycles. The molecule has 1 spiro atoms. The van der Waals surface area contributed by atoms with Crippen LogP contribution < -0.4 is 4.90 Å². The molecular formula is C23H27ClN2O3S. The lowest BCUT2D eigenvalue weighted by Crippen LogP contribution is -2.50. The first kappa shape index (κ1) is 21.3. The van der Waals surface area contributed by atoms with Gasteiger partial charge in [0.25, 0.3) is 0 Å². The molecular weight excluding hydrogens is 420 g/mol. The molecule has 5 nitrogen and oxygen atoms in total. The third-order valence-corrected chi connectivity index (χ3v) is 8.40. The van der Waals surface area contributed by atoms with E-state index in [0.29, 0.717) is 36.5 Å². The van der Waals surface area contributed by atoms with Gasteiger partial charge in [0.1, 0.15) is 0 Å². The predicted octanol–water partition coefficient (Wildman–Crippen LogP) is 4.31. The molecule has 30 heavy (non-hydrogen) atoms. The van der Waals surface area contributed by atoms with Crippen LogP contribution in [0.25, 0.3) is 0 Å². The van der Waals surface area contributed by atoms with E-state index in [1.165, 1.54) is 4.31 Å². The molecule has 2 heterocycles. The van der Waals surface area contributed by atoms with Gasteiger partial charge in [-0.2, -0.15) is 0 Å². The predicted molar refractivity (Wildman–Crippen MR) is 120 cm³/mol. The third-order valence-electron chi connectivity index (χ3n) is 6.26. The van der Waals surface area contributed by atoms with Crippen LogP contribution in [0.2, 0.25) is 5.02 Å². The van der Waals surface area contributed by atoms with Crippen LogP contribution in [0.1, 0.15) is 36.0 Å². The minimum absolute atomic E-state index is 0.0464. The Morgan fingerprint density at radius 2 is 1.73 bits per heavy atom. The number of hydrogen-bond acceptors (Lipinski definition) is 3. The lowest BCUT2D eigenvalue weighted by molar-refractivity contribution is -0.127. The van der Waals surface area contributed by atoms with Gasteiger partial charge in [0.2, 0.25) is 15.9 Å². The average Bonchev–Trinajstić information content (AvgIpc) is 2.99. The Bertz CT molecular complexity index is 1070. The van der Waals surface area contributed by atoms with Crippen molar-refractivity contribution < 1.29 is 13.2 Å². The standard InChI is InChI=1S/C23H27ClN2O3S/c1-17-12-18(2)14-20(13-17)26-11-9-23(22(26)27)8-5-10-25(16-23)30(28,29)15-19-6-3-4-7-21(19)24/h3-4,6-7,12-14H,5,8-11,15-16H2,1-2H3. The molecule has 1 unspecified atom stereocenters. The molecule has 2 aliphatic heterocycles. The number of sulfonamides is 1. The highest BCUT2D eigenvalue weighted by Crippen LogP contribution is 2.43. The minimum Gasteiger partial charge on any atom is -0.312 e. The van der Waals surface area contributed by atoms with Crippen LogP contribution >= 0.6 is 11.6 Å². The fourth-order valence-electron chi connectivity index (χ4n) is 4.78. The molecule has 0 N–H and O–H groups in total. The number of carbonyl (C=O) groups is 1. The van der Waals surface area contributed by atoms with Gasteiger partial charge in [-0.25, -0.2) is 12.7 Å². The van der Waals surface area contributed by atoms with Crippen molar-refractivity contribution in [3.8, 4) is 0 Å². The zero-order valence-corrected chi connectivity index (χ0v) is 19.0. The highest BCUT2D eigenvalue weighted by molar-refractivity contribution is 7.88. The number of rotatable bonds is 4. The fourth-order valence-corrected chi connectivity index (χ4v) is 6.74. The van der Waals surface area contributed by atoms with Gasteiger partial charge in [-0.1, -0.05) is 35.9 Å². The number of carbonyl (C=O) groups excluding carboxylic acids is 1. The van der Waals surface area contributed by atoms with Crippen LogP contribution in [0.4, 0.5) is 5.69 Å². The molecule has 1 atom stereocenters. The molecule has 0 radical (unpaired) electrons. The van der Waals surface area contributed by atoms with E-state index in [-0.39, 0.29) is 18.2 Å². The van der Waals surface area contributed by atoms with Gasteiger partial charge in [0, 0.05) is 30.3 Å². The van der Waals surface area contributed by atoms with Gasteiger partial charge in [0.15, 0.2) is 0 Å². The van der Waals surface area contributed by atoms with Crippen molar-refractivity contribution in [3.05, 3.63) is 64.2 Å². The summed E-state index contributed by atoms with van der Waals surface area (Å²) in [4.78, 5) is 15.3. The van der Waals surface area contributed by atoms with E-state index in [1.807, 2.05) is 30.9 Å². The molecule has 0 aromatic heterocycles. The zero-order chi connectivity index (χ0) is 21.5. The number of aryl methyl sites for hydroxylation is 2. The van der Waals surface area contributed by atoms with Crippen molar-refractivity contribution in [3.63, 3.8) is 0 Å². The SMILES string of the molecule is Cc1cc(C)cc(N2CCC3(CCCN(S(=O)(=O)Cc4ccccc4Cl)C3)C2=O)c1. The Labute approximate surface area is 183 Å². The smallest absolute Gasteiger partial charge is 0.234 e. The maximum absolute atomic E-state index is 13.5. The molecule has 4 rings (SSSR count). The lowest BCUT2D eigenvalue weighted by Gasteiger charge is -2.38. The molecule has 2 aromatic rings. The number of halogens is 1. The fraction of sp³-hybridized carbons (Fsp3) is 0.435.